The monoisotopic (exact) mass is 293 g/mol. The summed E-state index contributed by atoms with van der Waals surface area (Å²) in [5, 5.41) is 8.79. The highest BCUT2D eigenvalue weighted by atomic mass is 16.5. The minimum absolute atomic E-state index is 0.181. The van der Waals surface area contributed by atoms with E-state index in [1.165, 1.54) is 10.5 Å². The number of hydrogen-bond acceptors (Lipinski definition) is 3. The molecular weight excluding hydrogens is 270 g/mol. The average molecular weight is 293 g/mol. The largest absolute Gasteiger partial charge is 0.493 e. The van der Waals surface area contributed by atoms with Crippen molar-refractivity contribution in [1.29, 1.82) is 0 Å². The lowest BCUT2D eigenvalue weighted by molar-refractivity contribution is -0.144. The number of rotatable bonds is 8. The van der Waals surface area contributed by atoms with E-state index in [2.05, 4.69) is 0 Å². The number of aryl methyl sites for hydroxylation is 2. The topological polar surface area (TPSA) is 66.8 Å². The zero-order valence-electron chi connectivity index (χ0n) is 12.9. The van der Waals surface area contributed by atoms with Crippen LogP contribution in [0.2, 0.25) is 0 Å². The summed E-state index contributed by atoms with van der Waals surface area (Å²) in [6.45, 7) is 6.39. The molecule has 0 radical (unpaired) electrons. The lowest BCUT2D eigenvalue weighted by Crippen LogP contribution is -2.36. The van der Waals surface area contributed by atoms with E-state index in [1.54, 1.807) is 0 Å². The van der Waals surface area contributed by atoms with Crippen LogP contribution in [0.5, 0.6) is 5.75 Å². The second-order valence-corrected chi connectivity index (χ2v) is 5.05. The molecule has 0 atom stereocenters. The van der Waals surface area contributed by atoms with E-state index in [4.69, 9.17) is 9.84 Å². The van der Waals surface area contributed by atoms with Crippen molar-refractivity contribution in [3.63, 3.8) is 0 Å². The number of benzene rings is 1. The normalized spacial score (nSPS) is 10.2. The molecule has 0 bridgehead atoms. The fourth-order valence-corrected chi connectivity index (χ4v) is 1.94. The van der Waals surface area contributed by atoms with Crippen molar-refractivity contribution in [1.82, 2.24) is 4.90 Å². The van der Waals surface area contributed by atoms with Gasteiger partial charge in [0.15, 0.2) is 0 Å². The highest BCUT2D eigenvalue weighted by molar-refractivity contribution is 5.81. The Bertz CT molecular complexity index is 499. The maximum absolute atomic E-state index is 12.0. The Kier molecular flexibility index (Phi) is 6.72. The Labute approximate surface area is 125 Å². The number of carbonyl (C=O) groups excluding carboxylic acids is 1. The third-order valence-electron chi connectivity index (χ3n) is 3.24. The summed E-state index contributed by atoms with van der Waals surface area (Å²) in [6.07, 6.45) is 0.914. The van der Waals surface area contributed by atoms with Gasteiger partial charge in [0, 0.05) is 6.54 Å². The first-order valence-corrected chi connectivity index (χ1v) is 7.13. The summed E-state index contributed by atoms with van der Waals surface area (Å²) in [5.41, 5.74) is 2.33. The van der Waals surface area contributed by atoms with E-state index < -0.39 is 5.97 Å². The predicted molar refractivity (Wildman–Crippen MR) is 80.5 cm³/mol. The minimum atomic E-state index is -0.994. The van der Waals surface area contributed by atoms with Crippen molar-refractivity contribution in [3.05, 3.63) is 29.3 Å². The van der Waals surface area contributed by atoms with E-state index in [-0.39, 0.29) is 25.5 Å². The first kappa shape index (κ1) is 17.0. The Balaban J connectivity index is 2.47. The van der Waals surface area contributed by atoms with Crippen molar-refractivity contribution in [3.8, 4) is 5.75 Å². The van der Waals surface area contributed by atoms with E-state index in [9.17, 15) is 9.59 Å². The fourth-order valence-electron chi connectivity index (χ4n) is 1.94. The molecule has 1 aromatic carbocycles. The maximum Gasteiger partial charge on any atom is 0.323 e. The average Bonchev–Trinajstić information content (AvgIpc) is 2.41. The summed E-state index contributed by atoms with van der Waals surface area (Å²) >= 11 is 0. The minimum Gasteiger partial charge on any atom is -0.493 e. The summed E-state index contributed by atoms with van der Waals surface area (Å²) in [4.78, 5) is 24.0. The fraction of sp³-hybridized carbons (Fsp3) is 0.500. The van der Waals surface area contributed by atoms with Crippen LogP contribution in [-0.4, -0.2) is 41.6 Å². The Morgan fingerprint density at radius 1 is 1.24 bits per heavy atom. The molecule has 0 aliphatic carbocycles. The van der Waals surface area contributed by atoms with Gasteiger partial charge in [-0.25, -0.2) is 0 Å². The van der Waals surface area contributed by atoms with Crippen LogP contribution in [0.1, 0.15) is 30.9 Å². The molecule has 0 saturated heterocycles. The van der Waals surface area contributed by atoms with Gasteiger partial charge in [-0.2, -0.15) is 0 Å². The lowest BCUT2D eigenvalue weighted by atomic mass is 10.1. The highest BCUT2D eigenvalue weighted by Gasteiger charge is 2.15. The molecule has 21 heavy (non-hydrogen) atoms. The molecule has 0 heterocycles. The molecule has 0 aliphatic heterocycles. The van der Waals surface area contributed by atoms with Crippen LogP contribution >= 0.6 is 0 Å². The SMILES string of the molecule is CCCN(CC(=O)O)C(=O)CCOc1ccc(C)c(C)c1. The van der Waals surface area contributed by atoms with Gasteiger partial charge >= 0.3 is 5.97 Å². The van der Waals surface area contributed by atoms with E-state index in [0.29, 0.717) is 6.54 Å². The molecule has 0 aliphatic rings. The van der Waals surface area contributed by atoms with Gasteiger partial charge in [-0.15, -0.1) is 0 Å². The zero-order chi connectivity index (χ0) is 15.8. The van der Waals surface area contributed by atoms with E-state index in [1.807, 2.05) is 39.0 Å². The number of nitrogens with zero attached hydrogens (tertiary/aromatic N) is 1. The molecule has 1 amide bonds. The van der Waals surface area contributed by atoms with Crippen LogP contribution in [0.25, 0.3) is 0 Å². The molecule has 116 valence electrons. The summed E-state index contributed by atoms with van der Waals surface area (Å²) < 4.78 is 5.55. The van der Waals surface area contributed by atoms with E-state index in [0.717, 1.165) is 17.7 Å². The zero-order valence-corrected chi connectivity index (χ0v) is 12.9. The van der Waals surface area contributed by atoms with Gasteiger partial charge in [-0.3, -0.25) is 9.59 Å². The molecule has 0 saturated carbocycles. The summed E-state index contributed by atoms with van der Waals surface area (Å²) in [6, 6.07) is 5.77. The standard InChI is InChI=1S/C16H23NO4/c1-4-8-17(11-16(19)20)15(18)7-9-21-14-6-5-12(2)13(3)10-14/h5-6,10H,4,7-9,11H2,1-3H3,(H,19,20). The van der Waals surface area contributed by atoms with Crippen molar-refractivity contribution in [2.24, 2.45) is 0 Å². The Morgan fingerprint density at radius 3 is 2.52 bits per heavy atom. The number of hydrogen-bond donors (Lipinski definition) is 1. The molecule has 5 nitrogen and oxygen atoms in total. The molecule has 1 N–H and O–H groups in total. The number of amides is 1. The molecule has 1 aromatic rings. The number of ether oxygens (including phenoxy) is 1. The highest BCUT2D eigenvalue weighted by Crippen LogP contribution is 2.16. The van der Waals surface area contributed by atoms with Crippen molar-refractivity contribution in [2.45, 2.75) is 33.6 Å². The van der Waals surface area contributed by atoms with Crippen molar-refractivity contribution >= 4 is 11.9 Å². The molecule has 0 fully saturated rings. The van der Waals surface area contributed by atoms with Crippen molar-refractivity contribution < 1.29 is 19.4 Å². The number of aliphatic carboxylic acids is 1. The van der Waals surface area contributed by atoms with Gasteiger partial charge in [-0.05, 0) is 43.5 Å². The molecule has 1 rings (SSSR count). The molecule has 5 heteroatoms. The third-order valence-corrected chi connectivity index (χ3v) is 3.24. The van der Waals surface area contributed by atoms with Gasteiger partial charge in [0.2, 0.25) is 5.91 Å². The first-order valence-electron chi connectivity index (χ1n) is 7.13. The van der Waals surface area contributed by atoms with Crippen LogP contribution in [0.15, 0.2) is 18.2 Å². The van der Waals surface area contributed by atoms with Gasteiger partial charge in [0.05, 0.1) is 13.0 Å². The van der Waals surface area contributed by atoms with Gasteiger partial charge in [-0.1, -0.05) is 13.0 Å². The van der Waals surface area contributed by atoms with Crippen LogP contribution in [-0.2, 0) is 9.59 Å². The van der Waals surface area contributed by atoms with E-state index >= 15 is 0 Å². The number of carboxylic acid groups (broad SMARTS) is 1. The van der Waals surface area contributed by atoms with Crippen LogP contribution < -0.4 is 4.74 Å². The van der Waals surface area contributed by atoms with Crippen molar-refractivity contribution in [2.75, 3.05) is 19.7 Å². The second-order valence-electron chi connectivity index (χ2n) is 5.05. The molecule has 0 aromatic heterocycles. The van der Waals surface area contributed by atoms with Crippen LogP contribution in [0.3, 0.4) is 0 Å². The maximum atomic E-state index is 12.0. The third kappa shape index (κ3) is 5.85. The lowest BCUT2D eigenvalue weighted by Gasteiger charge is -2.20. The smallest absolute Gasteiger partial charge is 0.323 e. The predicted octanol–water partition coefficient (Wildman–Crippen LogP) is 2.40. The van der Waals surface area contributed by atoms with Crippen LogP contribution in [0, 0.1) is 13.8 Å². The summed E-state index contributed by atoms with van der Waals surface area (Å²) in [5.74, 6) is -0.457. The van der Waals surface area contributed by atoms with Crippen LogP contribution in [0.4, 0.5) is 0 Å². The molecular formula is C16H23NO4. The summed E-state index contributed by atoms with van der Waals surface area (Å²) in [7, 11) is 0. The molecule has 0 unspecified atom stereocenters. The van der Waals surface area contributed by atoms with Gasteiger partial charge in [0.1, 0.15) is 12.3 Å². The van der Waals surface area contributed by atoms with Gasteiger partial charge in [0.25, 0.3) is 0 Å². The number of carbonyl (C=O) groups is 2. The molecule has 0 spiro atoms. The second kappa shape index (κ2) is 8.29. The Morgan fingerprint density at radius 2 is 1.95 bits per heavy atom. The number of carboxylic acids is 1. The Hall–Kier alpha value is -2.04. The quantitative estimate of drug-likeness (QED) is 0.799. The first-order chi connectivity index (χ1) is 9.93. The van der Waals surface area contributed by atoms with Gasteiger partial charge < -0.3 is 14.7 Å².